The summed E-state index contributed by atoms with van der Waals surface area (Å²) in [6.45, 7) is 4.61. The van der Waals surface area contributed by atoms with Crippen LogP contribution in [0.4, 0.5) is 0 Å². The molecule has 2 nitrogen and oxygen atoms in total. The second-order valence-corrected chi connectivity index (χ2v) is 6.75. The molecule has 1 unspecified atom stereocenters. The van der Waals surface area contributed by atoms with E-state index in [9.17, 15) is 0 Å². The van der Waals surface area contributed by atoms with E-state index >= 15 is 0 Å². The second-order valence-electron chi connectivity index (χ2n) is 6.75. The zero-order chi connectivity index (χ0) is 14.9. The monoisotopic (exact) mass is 281 g/mol. The Balaban J connectivity index is 1.88. The van der Waals surface area contributed by atoms with Gasteiger partial charge >= 0.3 is 0 Å². The van der Waals surface area contributed by atoms with Gasteiger partial charge in [-0.05, 0) is 60.1 Å². The highest BCUT2D eigenvalue weighted by Crippen LogP contribution is 2.39. The lowest BCUT2D eigenvalue weighted by atomic mass is 9.83. The lowest BCUT2D eigenvalue weighted by Gasteiger charge is -2.24. The Kier molecular flexibility index (Phi) is 3.73. The van der Waals surface area contributed by atoms with Crippen LogP contribution in [-0.2, 0) is 6.42 Å². The van der Waals surface area contributed by atoms with Gasteiger partial charge in [0.05, 0.1) is 0 Å². The Labute approximate surface area is 126 Å². The summed E-state index contributed by atoms with van der Waals surface area (Å²) >= 11 is 0. The largest absolute Gasteiger partial charge is 0.457 e. The van der Waals surface area contributed by atoms with Crippen LogP contribution in [0.1, 0.15) is 43.9 Å². The number of fused-ring (bicyclic) bond motifs is 1. The molecular weight excluding hydrogens is 258 g/mol. The summed E-state index contributed by atoms with van der Waals surface area (Å²) < 4.78 is 5.93. The standard InChI is InChI=1S/C19H23NO/c1-19(2)11-10-14-8-9-16(12-17(14)18(20)13-19)21-15-6-4-3-5-7-15/h3-9,12,18H,10-11,13,20H2,1-2H3. The zero-order valence-corrected chi connectivity index (χ0v) is 12.8. The quantitative estimate of drug-likeness (QED) is 0.799. The van der Waals surface area contributed by atoms with Crippen molar-refractivity contribution in [1.82, 2.24) is 0 Å². The third kappa shape index (κ3) is 3.27. The second kappa shape index (κ2) is 5.53. The maximum absolute atomic E-state index is 6.43. The summed E-state index contributed by atoms with van der Waals surface area (Å²) in [5, 5.41) is 0. The van der Waals surface area contributed by atoms with E-state index in [1.54, 1.807) is 0 Å². The van der Waals surface area contributed by atoms with E-state index in [-0.39, 0.29) is 6.04 Å². The number of nitrogens with two attached hydrogens (primary N) is 1. The molecule has 1 aliphatic carbocycles. The number of ether oxygens (including phenoxy) is 1. The van der Waals surface area contributed by atoms with Gasteiger partial charge < -0.3 is 10.5 Å². The first kappa shape index (κ1) is 14.2. The number of hydrogen-bond donors (Lipinski definition) is 1. The fraction of sp³-hybridized carbons (Fsp3) is 0.368. The fourth-order valence-electron chi connectivity index (χ4n) is 3.11. The van der Waals surface area contributed by atoms with E-state index in [0.717, 1.165) is 24.3 Å². The number of rotatable bonds is 2. The Bertz CT molecular complexity index is 619. The molecule has 1 atom stereocenters. The zero-order valence-electron chi connectivity index (χ0n) is 12.8. The summed E-state index contributed by atoms with van der Waals surface area (Å²) in [5.41, 5.74) is 9.35. The summed E-state index contributed by atoms with van der Waals surface area (Å²) in [7, 11) is 0. The van der Waals surface area contributed by atoms with Crippen LogP contribution in [0.2, 0.25) is 0 Å². The minimum Gasteiger partial charge on any atom is -0.457 e. The van der Waals surface area contributed by atoms with Crippen molar-refractivity contribution in [3.8, 4) is 11.5 Å². The third-order valence-corrected chi connectivity index (χ3v) is 4.34. The van der Waals surface area contributed by atoms with Crippen molar-refractivity contribution in [3.05, 3.63) is 59.7 Å². The molecule has 2 aromatic rings. The lowest BCUT2D eigenvalue weighted by Crippen LogP contribution is -2.19. The normalized spacial score (nSPS) is 20.4. The smallest absolute Gasteiger partial charge is 0.127 e. The van der Waals surface area contributed by atoms with Crippen LogP contribution >= 0.6 is 0 Å². The molecule has 110 valence electrons. The molecule has 0 heterocycles. The highest BCUT2D eigenvalue weighted by atomic mass is 16.5. The summed E-state index contributed by atoms with van der Waals surface area (Å²) in [5.74, 6) is 1.73. The minimum atomic E-state index is 0.0943. The van der Waals surface area contributed by atoms with Crippen LogP contribution in [0.5, 0.6) is 11.5 Å². The van der Waals surface area contributed by atoms with E-state index in [2.05, 4.69) is 32.0 Å². The Morgan fingerprint density at radius 3 is 2.57 bits per heavy atom. The van der Waals surface area contributed by atoms with Gasteiger partial charge in [0.25, 0.3) is 0 Å². The number of hydrogen-bond acceptors (Lipinski definition) is 2. The maximum atomic E-state index is 6.43. The van der Waals surface area contributed by atoms with Crippen molar-refractivity contribution in [1.29, 1.82) is 0 Å². The van der Waals surface area contributed by atoms with Crippen molar-refractivity contribution in [2.45, 2.75) is 39.2 Å². The van der Waals surface area contributed by atoms with E-state index in [0.29, 0.717) is 5.41 Å². The number of benzene rings is 2. The van der Waals surface area contributed by atoms with Crippen molar-refractivity contribution >= 4 is 0 Å². The summed E-state index contributed by atoms with van der Waals surface area (Å²) in [6.07, 6.45) is 3.31. The van der Waals surface area contributed by atoms with Gasteiger partial charge in [0.1, 0.15) is 11.5 Å². The van der Waals surface area contributed by atoms with Gasteiger partial charge in [-0.1, -0.05) is 38.1 Å². The van der Waals surface area contributed by atoms with Gasteiger partial charge in [-0.2, -0.15) is 0 Å². The molecule has 0 amide bonds. The summed E-state index contributed by atoms with van der Waals surface area (Å²) in [6, 6.07) is 16.3. The van der Waals surface area contributed by atoms with Crippen LogP contribution in [0.25, 0.3) is 0 Å². The molecule has 1 aliphatic rings. The van der Waals surface area contributed by atoms with Crippen LogP contribution in [0.3, 0.4) is 0 Å². The predicted octanol–water partition coefficient (Wildman–Crippen LogP) is 4.84. The Morgan fingerprint density at radius 1 is 1.05 bits per heavy atom. The lowest BCUT2D eigenvalue weighted by molar-refractivity contribution is 0.293. The molecule has 0 radical (unpaired) electrons. The van der Waals surface area contributed by atoms with Crippen molar-refractivity contribution in [2.24, 2.45) is 11.1 Å². The molecule has 0 bridgehead atoms. The first-order valence-electron chi connectivity index (χ1n) is 7.65. The van der Waals surface area contributed by atoms with Gasteiger partial charge in [-0.3, -0.25) is 0 Å². The highest BCUT2D eigenvalue weighted by molar-refractivity contribution is 5.40. The van der Waals surface area contributed by atoms with Crippen LogP contribution in [-0.4, -0.2) is 0 Å². The van der Waals surface area contributed by atoms with Crippen molar-refractivity contribution in [3.63, 3.8) is 0 Å². The number of aryl methyl sites for hydroxylation is 1. The molecular formula is C19H23NO. The number of para-hydroxylation sites is 1. The van der Waals surface area contributed by atoms with Gasteiger partial charge in [0.2, 0.25) is 0 Å². The van der Waals surface area contributed by atoms with E-state index < -0.39 is 0 Å². The first-order valence-corrected chi connectivity index (χ1v) is 7.65. The minimum absolute atomic E-state index is 0.0943. The molecule has 2 aromatic carbocycles. The molecule has 0 saturated heterocycles. The molecule has 0 spiro atoms. The molecule has 2 heteroatoms. The molecule has 0 fully saturated rings. The molecule has 21 heavy (non-hydrogen) atoms. The molecule has 0 saturated carbocycles. The van der Waals surface area contributed by atoms with Crippen LogP contribution < -0.4 is 10.5 Å². The van der Waals surface area contributed by atoms with Crippen LogP contribution in [0.15, 0.2) is 48.5 Å². The van der Waals surface area contributed by atoms with Crippen LogP contribution in [0, 0.1) is 5.41 Å². The van der Waals surface area contributed by atoms with Crippen molar-refractivity contribution in [2.75, 3.05) is 0 Å². The molecule has 0 aromatic heterocycles. The fourth-order valence-corrected chi connectivity index (χ4v) is 3.11. The van der Waals surface area contributed by atoms with E-state index in [1.807, 2.05) is 30.3 Å². The molecule has 0 aliphatic heterocycles. The maximum Gasteiger partial charge on any atom is 0.127 e. The topological polar surface area (TPSA) is 35.2 Å². The van der Waals surface area contributed by atoms with Crippen molar-refractivity contribution < 1.29 is 4.74 Å². The van der Waals surface area contributed by atoms with Gasteiger partial charge in [-0.25, -0.2) is 0 Å². The first-order chi connectivity index (χ1) is 10.0. The molecule has 2 N–H and O–H groups in total. The van der Waals surface area contributed by atoms with Gasteiger partial charge in [-0.15, -0.1) is 0 Å². The highest BCUT2D eigenvalue weighted by Gasteiger charge is 2.27. The van der Waals surface area contributed by atoms with E-state index in [4.69, 9.17) is 10.5 Å². The molecule has 3 rings (SSSR count). The summed E-state index contributed by atoms with van der Waals surface area (Å²) in [4.78, 5) is 0. The average Bonchev–Trinajstić information content (AvgIpc) is 2.57. The Morgan fingerprint density at radius 2 is 1.81 bits per heavy atom. The average molecular weight is 281 g/mol. The SMILES string of the molecule is CC1(C)CCc2ccc(Oc3ccccc3)cc2C(N)C1. The van der Waals surface area contributed by atoms with Gasteiger partial charge in [0.15, 0.2) is 0 Å². The van der Waals surface area contributed by atoms with Gasteiger partial charge in [0, 0.05) is 6.04 Å². The van der Waals surface area contributed by atoms with E-state index in [1.165, 1.54) is 17.5 Å². The predicted molar refractivity (Wildman–Crippen MR) is 86.6 cm³/mol. The Hall–Kier alpha value is -1.80. The third-order valence-electron chi connectivity index (χ3n) is 4.34.